The number of carboxylic acid groups (broad SMARTS) is 2. The van der Waals surface area contributed by atoms with E-state index in [-0.39, 0.29) is 25.0 Å². The van der Waals surface area contributed by atoms with Crippen molar-refractivity contribution < 1.29 is 39.3 Å². The van der Waals surface area contributed by atoms with E-state index in [2.05, 4.69) is 25.9 Å². The van der Waals surface area contributed by atoms with Crippen molar-refractivity contribution in [2.45, 2.75) is 49.9 Å². The van der Waals surface area contributed by atoms with Crippen LogP contribution in [0.5, 0.6) is 5.75 Å². The number of hydrogen-bond acceptors (Lipinski definition) is 9. The summed E-state index contributed by atoms with van der Waals surface area (Å²) >= 11 is 1.40. The lowest BCUT2D eigenvalue weighted by atomic mass is 10.0. The number of benzene rings is 1. The molecule has 0 aliphatic rings. The molecule has 15 heteroatoms. The van der Waals surface area contributed by atoms with Gasteiger partial charge in [0, 0.05) is 24.7 Å². The second-order valence-electron chi connectivity index (χ2n) is 8.66. The number of carbonyl (C=O) groups is 5. The second-order valence-corrected chi connectivity index (χ2v) is 9.64. The van der Waals surface area contributed by atoms with Crippen LogP contribution in [-0.4, -0.2) is 91.1 Å². The van der Waals surface area contributed by atoms with Crippen molar-refractivity contribution in [1.29, 1.82) is 0 Å². The van der Waals surface area contributed by atoms with Crippen molar-refractivity contribution in [3.8, 4) is 5.75 Å². The van der Waals surface area contributed by atoms with E-state index in [9.17, 15) is 39.3 Å². The summed E-state index contributed by atoms with van der Waals surface area (Å²) in [4.78, 5) is 68.5. The number of aromatic amines is 1. The molecule has 9 N–H and O–H groups in total. The van der Waals surface area contributed by atoms with E-state index in [4.69, 9.17) is 5.73 Å². The zero-order valence-corrected chi connectivity index (χ0v) is 21.9. The molecule has 0 bridgehead atoms. The number of thioether (sulfide) groups is 1. The summed E-state index contributed by atoms with van der Waals surface area (Å²) in [5, 5.41) is 35.5. The number of carbonyl (C=O) groups excluding carboxylic acids is 3. The van der Waals surface area contributed by atoms with Gasteiger partial charge >= 0.3 is 11.9 Å². The fraction of sp³-hybridized carbons (Fsp3) is 0.417. The molecule has 0 fully saturated rings. The lowest BCUT2D eigenvalue weighted by Gasteiger charge is -2.25. The van der Waals surface area contributed by atoms with Crippen LogP contribution in [0.15, 0.2) is 36.8 Å². The van der Waals surface area contributed by atoms with Crippen molar-refractivity contribution in [3.05, 3.63) is 48.0 Å². The standard InChI is InChI=1S/C24H32N6O8S/c1-39-7-6-17(24(37)38)28-22(35)18(8-13-2-4-15(31)5-3-13)30-23(36)19(10-20(32)33)29-21(34)16(25)9-14-11-26-12-27-14/h2-5,11-12,16-19,31H,6-10,25H2,1H3,(H,26,27)(H,28,35)(H,29,34)(H,30,36)(H,32,33)(H,37,38). The number of imidazole rings is 1. The summed E-state index contributed by atoms with van der Waals surface area (Å²) < 4.78 is 0. The lowest BCUT2D eigenvalue weighted by Crippen LogP contribution is -2.58. The van der Waals surface area contributed by atoms with E-state index in [0.29, 0.717) is 17.0 Å². The first-order valence-corrected chi connectivity index (χ1v) is 13.2. The average molecular weight is 565 g/mol. The molecule has 0 radical (unpaired) electrons. The van der Waals surface area contributed by atoms with Crippen LogP contribution >= 0.6 is 11.8 Å². The molecule has 0 saturated carbocycles. The summed E-state index contributed by atoms with van der Waals surface area (Å²) in [6.45, 7) is 0. The fourth-order valence-electron chi connectivity index (χ4n) is 3.50. The Balaban J connectivity index is 2.21. The largest absolute Gasteiger partial charge is 0.508 e. The number of aromatic nitrogens is 2. The Morgan fingerprint density at radius 1 is 0.949 bits per heavy atom. The summed E-state index contributed by atoms with van der Waals surface area (Å²) in [6.07, 6.45) is 3.92. The van der Waals surface area contributed by atoms with Crippen LogP contribution in [0, 0.1) is 0 Å². The Morgan fingerprint density at radius 2 is 1.56 bits per heavy atom. The molecule has 212 valence electrons. The molecule has 1 heterocycles. The van der Waals surface area contributed by atoms with Gasteiger partial charge in [-0.2, -0.15) is 11.8 Å². The Morgan fingerprint density at radius 3 is 2.13 bits per heavy atom. The predicted octanol–water partition coefficient (Wildman–Crippen LogP) is -1.01. The maximum absolute atomic E-state index is 13.1. The second kappa shape index (κ2) is 15.3. The van der Waals surface area contributed by atoms with Crippen LogP contribution < -0.4 is 21.7 Å². The van der Waals surface area contributed by atoms with Gasteiger partial charge in [0.25, 0.3) is 0 Å². The van der Waals surface area contributed by atoms with Gasteiger partial charge in [0.05, 0.1) is 18.8 Å². The number of phenols is 1. The number of hydrogen-bond donors (Lipinski definition) is 8. The number of H-pyrrole nitrogens is 1. The smallest absolute Gasteiger partial charge is 0.326 e. The van der Waals surface area contributed by atoms with Crippen molar-refractivity contribution in [1.82, 2.24) is 25.9 Å². The molecule has 2 rings (SSSR count). The molecule has 0 spiro atoms. The predicted molar refractivity (Wildman–Crippen MR) is 141 cm³/mol. The summed E-state index contributed by atoms with van der Waals surface area (Å²) in [7, 11) is 0. The first-order chi connectivity index (χ1) is 18.5. The van der Waals surface area contributed by atoms with Crippen molar-refractivity contribution in [2.24, 2.45) is 5.73 Å². The fourth-order valence-corrected chi connectivity index (χ4v) is 3.97. The van der Waals surface area contributed by atoms with E-state index >= 15 is 0 Å². The number of phenolic OH excluding ortho intramolecular Hbond substituents is 1. The van der Waals surface area contributed by atoms with Gasteiger partial charge in [-0.25, -0.2) is 9.78 Å². The quantitative estimate of drug-likeness (QED) is 0.123. The normalized spacial score (nSPS) is 13.9. The molecule has 2 aromatic rings. The molecule has 14 nitrogen and oxygen atoms in total. The number of aromatic hydroxyl groups is 1. The molecule has 1 aromatic carbocycles. The van der Waals surface area contributed by atoms with E-state index in [1.807, 2.05) is 0 Å². The van der Waals surface area contributed by atoms with E-state index in [0.717, 1.165) is 0 Å². The Hall–Kier alpha value is -4.11. The maximum Gasteiger partial charge on any atom is 0.326 e. The SMILES string of the molecule is CSCCC(NC(=O)C(Cc1ccc(O)cc1)NC(=O)C(CC(=O)O)NC(=O)C(N)Cc1cnc[nH]1)C(=O)O. The Labute approximate surface area is 228 Å². The Kier molecular flexibility index (Phi) is 12.2. The highest BCUT2D eigenvalue weighted by Crippen LogP contribution is 2.12. The number of aliphatic carboxylic acids is 2. The van der Waals surface area contributed by atoms with Gasteiger partial charge in [0.2, 0.25) is 17.7 Å². The number of carboxylic acids is 2. The molecule has 1 aromatic heterocycles. The van der Waals surface area contributed by atoms with Gasteiger partial charge in [-0.05, 0) is 36.1 Å². The monoisotopic (exact) mass is 564 g/mol. The third kappa shape index (κ3) is 10.6. The highest BCUT2D eigenvalue weighted by atomic mass is 32.2. The van der Waals surface area contributed by atoms with Crippen LogP contribution in [0.1, 0.15) is 24.1 Å². The van der Waals surface area contributed by atoms with Gasteiger partial charge in [-0.1, -0.05) is 12.1 Å². The molecule has 3 amide bonds. The van der Waals surface area contributed by atoms with Crippen molar-refractivity contribution in [3.63, 3.8) is 0 Å². The number of nitrogens with two attached hydrogens (primary N) is 1. The summed E-state index contributed by atoms with van der Waals surface area (Å²) in [5.74, 6) is -4.81. The van der Waals surface area contributed by atoms with Gasteiger partial charge in [0.15, 0.2) is 0 Å². The number of nitrogens with zero attached hydrogens (tertiary/aromatic N) is 1. The van der Waals surface area contributed by atoms with Crippen LogP contribution in [0.25, 0.3) is 0 Å². The third-order valence-corrected chi connectivity index (χ3v) is 6.22. The summed E-state index contributed by atoms with van der Waals surface area (Å²) in [6, 6.07) is 0.509. The lowest BCUT2D eigenvalue weighted by molar-refractivity contribution is -0.143. The van der Waals surface area contributed by atoms with Gasteiger partial charge in [-0.3, -0.25) is 19.2 Å². The van der Waals surface area contributed by atoms with Gasteiger partial charge in [-0.15, -0.1) is 0 Å². The Bertz CT molecular complexity index is 1130. The molecular formula is C24H32N6O8S. The molecular weight excluding hydrogens is 532 g/mol. The molecule has 0 aliphatic carbocycles. The molecule has 0 aliphatic heterocycles. The molecule has 4 unspecified atom stereocenters. The molecule has 39 heavy (non-hydrogen) atoms. The minimum Gasteiger partial charge on any atom is -0.508 e. The maximum atomic E-state index is 13.1. The first-order valence-electron chi connectivity index (χ1n) is 11.9. The van der Waals surface area contributed by atoms with E-state index in [1.165, 1.54) is 48.6 Å². The highest BCUT2D eigenvalue weighted by Gasteiger charge is 2.31. The zero-order valence-electron chi connectivity index (χ0n) is 21.1. The van der Waals surface area contributed by atoms with Crippen LogP contribution in [-0.2, 0) is 36.8 Å². The number of rotatable bonds is 16. The average Bonchev–Trinajstić information content (AvgIpc) is 3.39. The third-order valence-electron chi connectivity index (χ3n) is 5.58. The minimum absolute atomic E-state index is 0.0255. The van der Waals surface area contributed by atoms with Crippen molar-refractivity contribution in [2.75, 3.05) is 12.0 Å². The minimum atomic E-state index is -1.58. The summed E-state index contributed by atoms with van der Waals surface area (Å²) in [5.41, 5.74) is 6.96. The van der Waals surface area contributed by atoms with Crippen LogP contribution in [0.2, 0.25) is 0 Å². The topological polar surface area (TPSA) is 237 Å². The molecule has 4 atom stereocenters. The number of nitrogens with one attached hydrogen (secondary N) is 4. The van der Waals surface area contributed by atoms with Crippen molar-refractivity contribution >= 4 is 41.4 Å². The molecule has 0 saturated heterocycles. The highest BCUT2D eigenvalue weighted by molar-refractivity contribution is 7.98. The van der Waals surface area contributed by atoms with Gasteiger partial charge in [0.1, 0.15) is 23.9 Å². The van der Waals surface area contributed by atoms with E-state index < -0.39 is 60.2 Å². The van der Waals surface area contributed by atoms with Crippen LogP contribution in [0.3, 0.4) is 0 Å². The van der Waals surface area contributed by atoms with E-state index in [1.54, 1.807) is 6.26 Å². The first kappa shape index (κ1) is 31.1. The van der Waals surface area contributed by atoms with Crippen LogP contribution in [0.4, 0.5) is 0 Å². The zero-order chi connectivity index (χ0) is 28.9. The number of amides is 3. The van der Waals surface area contributed by atoms with Gasteiger partial charge < -0.3 is 42.0 Å².